The van der Waals surface area contributed by atoms with Crippen LogP contribution in [-0.2, 0) is 20.9 Å². The van der Waals surface area contributed by atoms with E-state index >= 15 is 0 Å². The molecule has 0 aromatic heterocycles. The number of ether oxygens (including phenoxy) is 3. The van der Waals surface area contributed by atoms with Crippen molar-refractivity contribution < 1.29 is 24.1 Å². The maximum atomic E-state index is 12.8. The molecule has 4 aliphatic carbocycles. The first-order valence-corrected chi connectivity index (χ1v) is 13.4. The van der Waals surface area contributed by atoms with Gasteiger partial charge in [-0.1, -0.05) is 37.6 Å². The summed E-state index contributed by atoms with van der Waals surface area (Å²) >= 11 is 0. The number of hydrogen-bond donors (Lipinski definition) is 1. The third-order valence-electron chi connectivity index (χ3n) is 10.8. The Hall–Kier alpha value is -1.69. The highest BCUT2D eigenvalue weighted by Gasteiger charge is 2.66. The van der Waals surface area contributed by atoms with Gasteiger partial charge in [-0.25, -0.2) is 0 Å². The van der Waals surface area contributed by atoms with E-state index in [9.17, 15) is 9.90 Å². The Kier molecular flexibility index (Phi) is 6.22. The van der Waals surface area contributed by atoms with Crippen molar-refractivity contribution in [3.05, 3.63) is 41.5 Å². The van der Waals surface area contributed by atoms with Gasteiger partial charge in [0.15, 0.2) is 11.6 Å². The van der Waals surface area contributed by atoms with Gasteiger partial charge in [0, 0.05) is 25.4 Å². The third kappa shape index (κ3) is 3.72. The number of fused-ring (bicyclic) bond motifs is 5. The van der Waals surface area contributed by atoms with Gasteiger partial charge in [-0.3, -0.25) is 4.79 Å². The van der Waals surface area contributed by atoms with Gasteiger partial charge < -0.3 is 19.3 Å². The van der Waals surface area contributed by atoms with Crippen LogP contribution in [0.1, 0.15) is 77.7 Å². The molecule has 5 nitrogen and oxygen atoms in total. The molecule has 5 rings (SSSR count). The normalized spacial score (nSPS) is 42.5. The monoisotopic (exact) mass is 482 g/mol. The van der Waals surface area contributed by atoms with Crippen molar-refractivity contribution in [3.63, 3.8) is 0 Å². The molecule has 35 heavy (non-hydrogen) atoms. The topological polar surface area (TPSA) is 65.0 Å². The second-order valence-electron chi connectivity index (χ2n) is 12.1. The lowest BCUT2D eigenvalue weighted by atomic mass is 9.46. The van der Waals surface area contributed by atoms with Crippen LogP contribution in [0.2, 0.25) is 0 Å². The molecule has 0 unspecified atom stereocenters. The number of Topliss-reactive ketones (excluding diaryl/α,β-unsaturated/α-hetero) is 1. The molecule has 0 radical (unpaired) electrons. The minimum absolute atomic E-state index is 0.0899. The lowest BCUT2D eigenvalue weighted by Crippen LogP contribution is -2.58. The fraction of sp³-hybridized carbons (Fsp3) is 0.700. The molecule has 7 atom stereocenters. The Bertz CT molecular complexity index is 1000. The predicted molar refractivity (Wildman–Crippen MR) is 135 cm³/mol. The van der Waals surface area contributed by atoms with Crippen molar-refractivity contribution in [2.24, 2.45) is 28.6 Å². The summed E-state index contributed by atoms with van der Waals surface area (Å²) in [5.41, 5.74) is 1.77. The molecule has 0 saturated heterocycles. The van der Waals surface area contributed by atoms with Crippen molar-refractivity contribution in [2.75, 3.05) is 14.2 Å². The van der Waals surface area contributed by atoms with Gasteiger partial charge in [-0.05, 0) is 86.3 Å². The Morgan fingerprint density at radius 2 is 1.74 bits per heavy atom. The smallest absolute Gasteiger partial charge is 0.169 e. The van der Waals surface area contributed by atoms with Crippen molar-refractivity contribution in [2.45, 2.75) is 90.1 Å². The van der Waals surface area contributed by atoms with Crippen LogP contribution < -0.4 is 4.74 Å². The summed E-state index contributed by atoms with van der Waals surface area (Å²) in [6.07, 6.45) is 9.68. The average Bonchev–Trinajstić information content (AvgIpc) is 3.17. The van der Waals surface area contributed by atoms with E-state index in [0.717, 1.165) is 49.8 Å². The third-order valence-corrected chi connectivity index (χ3v) is 10.8. The molecule has 3 saturated carbocycles. The SMILES string of the molecule is COc1ccc(CO[C@]2(O)CC[C@@]3(C)C(=CC[C@@H]4[C@@H]3CC[C@@]3(C)[C@H]4CC[C@]3(OC)C(C)=O)C2)cc1. The number of benzene rings is 1. The van der Waals surface area contributed by atoms with Crippen molar-refractivity contribution in [1.29, 1.82) is 0 Å². The highest BCUT2D eigenvalue weighted by Crippen LogP contribution is 2.68. The van der Waals surface area contributed by atoms with Crippen LogP contribution in [0.15, 0.2) is 35.9 Å². The maximum Gasteiger partial charge on any atom is 0.169 e. The van der Waals surface area contributed by atoms with E-state index in [1.54, 1.807) is 21.1 Å². The summed E-state index contributed by atoms with van der Waals surface area (Å²) in [6.45, 7) is 6.85. The fourth-order valence-electron chi connectivity index (χ4n) is 8.74. The predicted octanol–water partition coefficient (Wildman–Crippen LogP) is 5.84. The second-order valence-corrected chi connectivity index (χ2v) is 12.1. The average molecular weight is 483 g/mol. The van der Waals surface area contributed by atoms with Gasteiger partial charge in [-0.2, -0.15) is 0 Å². The zero-order chi connectivity index (χ0) is 25.1. The van der Waals surface area contributed by atoms with Crippen molar-refractivity contribution >= 4 is 5.78 Å². The van der Waals surface area contributed by atoms with Gasteiger partial charge in [-0.15, -0.1) is 0 Å². The molecule has 3 fully saturated rings. The molecule has 4 aliphatic rings. The number of hydrogen-bond acceptors (Lipinski definition) is 5. The first-order valence-electron chi connectivity index (χ1n) is 13.4. The van der Waals surface area contributed by atoms with Crippen molar-refractivity contribution in [1.82, 2.24) is 0 Å². The van der Waals surface area contributed by atoms with Gasteiger partial charge in [0.1, 0.15) is 11.4 Å². The summed E-state index contributed by atoms with van der Waals surface area (Å²) in [4.78, 5) is 12.8. The molecule has 1 N–H and O–H groups in total. The molecule has 1 aromatic rings. The van der Waals surface area contributed by atoms with Gasteiger partial charge in [0.05, 0.1) is 13.7 Å². The van der Waals surface area contributed by atoms with Crippen molar-refractivity contribution in [3.8, 4) is 5.75 Å². The summed E-state index contributed by atoms with van der Waals surface area (Å²) in [7, 11) is 3.39. The Morgan fingerprint density at radius 3 is 2.40 bits per heavy atom. The molecule has 0 amide bonds. The zero-order valence-electron chi connectivity index (χ0n) is 22.1. The number of methoxy groups -OCH3 is 2. The van der Waals surface area contributed by atoms with Gasteiger partial charge in [0.25, 0.3) is 0 Å². The summed E-state index contributed by atoms with van der Waals surface area (Å²) < 4.78 is 17.4. The first kappa shape index (κ1) is 25.0. The number of carbonyl (C=O) groups excluding carboxylic acids is 1. The molecule has 192 valence electrons. The number of ketones is 1. The van der Waals surface area contributed by atoms with Gasteiger partial charge in [0.2, 0.25) is 0 Å². The summed E-state index contributed by atoms with van der Waals surface area (Å²) in [6, 6.07) is 7.83. The Morgan fingerprint density at radius 1 is 1.03 bits per heavy atom. The van der Waals surface area contributed by atoms with E-state index in [0.29, 0.717) is 37.2 Å². The lowest BCUT2D eigenvalue weighted by Gasteiger charge is -2.59. The van der Waals surface area contributed by atoms with Crippen LogP contribution in [0, 0.1) is 28.6 Å². The second kappa shape index (κ2) is 8.71. The van der Waals surface area contributed by atoms with E-state index in [2.05, 4.69) is 19.9 Å². The molecular weight excluding hydrogens is 440 g/mol. The molecular formula is C30H42O5. The minimum atomic E-state index is -1.12. The van der Waals surface area contributed by atoms with E-state index in [1.807, 2.05) is 24.3 Å². The standard InChI is InChI=1S/C30H42O5/c1-20(31)30(34-5)15-13-26-24-11-8-22-18-29(32,35-19-21-6-9-23(33-4)10-7-21)17-16-27(22,2)25(24)12-14-28(26,30)3/h6-10,24-26,32H,11-19H2,1-5H3/t24-,25+,26+,27+,28+,29-,30+/m1/s1. The highest BCUT2D eigenvalue weighted by atomic mass is 16.6. The molecule has 0 bridgehead atoms. The number of allylic oxidation sites excluding steroid dienone is 1. The molecule has 1 aromatic carbocycles. The summed E-state index contributed by atoms with van der Waals surface area (Å²) in [5.74, 6) is 1.57. The van der Waals surface area contributed by atoms with Crippen LogP contribution in [-0.4, -0.2) is 36.5 Å². The lowest BCUT2D eigenvalue weighted by molar-refractivity contribution is -0.232. The van der Waals surface area contributed by atoms with Gasteiger partial charge >= 0.3 is 0 Å². The molecule has 5 heteroatoms. The number of rotatable bonds is 6. The van der Waals surface area contributed by atoms with E-state index in [4.69, 9.17) is 14.2 Å². The summed E-state index contributed by atoms with van der Waals surface area (Å²) in [5, 5.41) is 11.4. The van der Waals surface area contributed by atoms with Crippen LogP contribution in [0.4, 0.5) is 0 Å². The molecule has 0 heterocycles. The Balaban J connectivity index is 1.33. The van der Waals surface area contributed by atoms with Crippen LogP contribution in [0.3, 0.4) is 0 Å². The molecule has 0 aliphatic heterocycles. The Labute approximate surface area is 210 Å². The van der Waals surface area contributed by atoms with E-state index < -0.39 is 11.4 Å². The fourth-order valence-corrected chi connectivity index (χ4v) is 8.74. The molecule has 0 spiro atoms. The van der Waals surface area contributed by atoms with Crippen LogP contribution in [0.25, 0.3) is 0 Å². The minimum Gasteiger partial charge on any atom is -0.497 e. The van der Waals surface area contributed by atoms with Crippen LogP contribution in [0.5, 0.6) is 5.75 Å². The largest absolute Gasteiger partial charge is 0.497 e. The number of aliphatic hydroxyl groups is 1. The highest BCUT2D eigenvalue weighted by molar-refractivity contribution is 5.86. The van der Waals surface area contributed by atoms with Crippen LogP contribution >= 0.6 is 0 Å². The quantitative estimate of drug-likeness (QED) is 0.408. The first-order chi connectivity index (χ1) is 16.6. The van der Waals surface area contributed by atoms with E-state index in [1.165, 1.54) is 5.57 Å². The van der Waals surface area contributed by atoms with E-state index in [-0.39, 0.29) is 16.6 Å². The maximum absolute atomic E-state index is 12.8. The zero-order valence-corrected chi connectivity index (χ0v) is 22.1. The number of carbonyl (C=O) groups is 1.